The Morgan fingerprint density at radius 1 is 1.08 bits per heavy atom. The number of carbonyl (C=O) groups is 1. The van der Waals surface area contributed by atoms with Crippen LogP contribution in [0.2, 0.25) is 0 Å². The van der Waals surface area contributed by atoms with Crippen LogP contribution in [0.4, 0.5) is 5.69 Å². The first-order valence-corrected chi connectivity index (χ1v) is 8.70. The number of carbonyl (C=O) groups excluding carboxylic acids is 1. The van der Waals surface area contributed by atoms with Crippen molar-refractivity contribution in [2.45, 2.75) is 6.54 Å². The van der Waals surface area contributed by atoms with Crippen LogP contribution in [0.5, 0.6) is 5.75 Å². The highest BCUT2D eigenvalue weighted by molar-refractivity contribution is 8.26. The van der Waals surface area contributed by atoms with E-state index in [1.54, 1.807) is 4.90 Å². The number of anilines is 1. The molecule has 6 heteroatoms. The number of para-hydroxylation sites is 2. The summed E-state index contributed by atoms with van der Waals surface area (Å²) in [5.41, 5.74) is 1.99. The van der Waals surface area contributed by atoms with Gasteiger partial charge in [0.25, 0.3) is 5.91 Å². The number of thiocarbonyl (C=S) groups is 1. The number of thioether (sulfide) groups is 1. The van der Waals surface area contributed by atoms with Crippen molar-refractivity contribution < 1.29 is 9.53 Å². The molecular formula is C18H14N2O2S2. The minimum absolute atomic E-state index is 0.108. The number of rotatable bonds is 2. The largest absolute Gasteiger partial charge is 0.437 e. The lowest BCUT2D eigenvalue weighted by Gasteiger charge is -2.15. The zero-order valence-corrected chi connectivity index (χ0v) is 14.6. The van der Waals surface area contributed by atoms with Crippen LogP contribution in [0, 0.1) is 0 Å². The van der Waals surface area contributed by atoms with E-state index < -0.39 is 0 Å². The highest BCUT2D eigenvalue weighted by Gasteiger charge is 2.39. The van der Waals surface area contributed by atoms with E-state index in [2.05, 4.69) is 0 Å². The number of hydrogen-bond acceptors (Lipinski definition) is 5. The molecule has 2 aliphatic rings. The van der Waals surface area contributed by atoms with Crippen LogP contribution >= 0.6 is 24.0 Å². The molecule has 2 aromatic carbocycles. The highest BCUT2D eigenvalue weighted by Crippen LogP contribution is 2.43. The summed E-state index contributed by atoms with van der Waals surface area (Å²) < 4.78 is 6.45. The third-order valence-electron chi connectivity index (χ3n) is 3.96. The van der Waals surface area contributed by atoms with E-state index in [1.165, 1.54) is 11.8 Å². The zero-order valence-electron chi connectivity index (χ0n) is 12.9. The molecule has 2 heterocycles. The molecule has 0 radical (unpaired) electrons. The highest BCUT2D eigenvalue weighted by atomic mass is 32.2. The maximum atomic E-state index is 12.9. The van der Waals surface area contributed by atoms with Crippen molar-refractivity contribution in [3.8, 4) is 5.75 Å². The normalized spacial score (nSPS) is 19.7. The summed E-state index contributed by atoms with van der Waals surface area (Å²) in [4.78, 5) is 16.9. The van der Waals surface area contributed by atoms with Gasteiger partial charge in [0, 0.05) is 7.05 Å². The number of nitrogens with zero attached hydrogens (tertiary/aromatic N) is 2. The maximum Gasteiger partial charge on any atom is 0.271 e. The van der Waals surface area contributed by atoms with Crippen molar-refractivity contribution in [3.05, 3.63) is 70.9 Å². The molecule has 120 valence electrons. The summed E-state index contributed by atoms with van der Waals surface area (Å²) in [6, 6.07) is 17.6. The van der Waals surface area contributed by atoms with Crippen molar-refractivity contribution in [3.63, 3.8) is 0 Å². The molecule has 0 aliphatic carbocycles. The van der Waals surface area contributed by atoms with Crippen LogP contribution < -0.4 is 9.64 Å². The Morgan fingerprint density at radius 3 is 2.54 bits per heavy atom. The Bertz CT molecular complexity index is 864. The molecule has 1 amide bonds. The Kier molecular flexibility index (Phi) is 3.78. The summed E-state index contributed by atoms with van der Waals surface area (Å²) >= 11 is 6.71. The van der Waals surface area contributed by atoms with Gasteiger partial charge in [-0.15, -0.1) is 0 Å². The summed E-state index contributed by atoms with van der Waals surface area (Å²) in [5, 5.41) is 0. The van der Waals surface area contributed by atoms with Crippen molar-refractivity contribution in [2.24, 2.45) is 0 Å². The molecule has 0 bridgehead atoms. The van der Waals surface area contributed by atoms with Crippen LogP contribution in [-0.4, -0.2) is 22.2 Å². The van der Waals surface area contributed by atoms with Crippen molar-refractivity contribution in [1.82, 2.24) is 4.90 Å². The Balaban J connectivity index is 1.65. The van der Waals surface area contributed by atoms with Gasteiger partial charge in [-0.3, -0.25) is 9.69 Å². The van der Waals surface area contributed by atoms with Crippen LogP contribution in [0.1, 0.15) is 5.56 Å². The Labute approximate surface area is 149 Å². The predicted molar refractivity (Wildman–Crippen MR) is 99.7 cm³/mol. The first kappa shape index (κ1) is 15.2. The van der Waals surface area contributed by atoms with Gasteiger partial charge in [0.15, 0.2) is 5.75 Å². The molecule has 2 aliphatic heterocycles. The van der Waals surface area contributed by atoms with E-state index in [4.69, 9.17) is 17.0 Å². The smallest absolute Gasteiger partial charge is 0.271 e. The second-order valence-corrected chi connectivity index (χ2v) is 7.15. The second kappa shape index (κ2) is 5.96. The molecule has 0 N–H and O–H groups in total. The standard InChI is InChI=1S/C18H14N2O2S2/c1-19-13-9-5-6-10-14(13)22-17(19)15-16(21)20(18(23)24-15)11-12-7-3-2-4-8-12/h2-10H,11H2,1H3. The van der Waals surface area contributed by atoms with Gasteiger partial charge in [-0.1, -0.05) is 54.7 Å². The van der Waals surface area contributed by atoms with Gasteiger partial charge in [0.05, 0.1) is 12.2 Å². The first-order valence-electron chi connectivity index (χ1n) is 7.47. The average molecular weight is 354 g/mol. The van der Waals surface area contributed by atoms with Gasteiger partial charge < -0.3 is 9.64 Å². The fourth-order valence-corrected chi connectivity index (χ4v) is 4.02. The molecule has 1 fully saturated rings. The summed E-state index contributed by atoms with van der Waals surface area (Å²) in [6.07, 6.45) is 0. The van der Waals surface area contributed by atoms with Crippen LogP contribution in [0.3, 0.4) is 0 Å². The molecule has 0 saturated carbocycles. The number of hydrogen-bond donors (Lipinski definition) is 0. The molecule has 4 rings (SSSR count). The molecule has 1 saturated heterocycles. The molecular weight excluding hydrogens is 340 g/mol. The summed E-state index contributed by atoms with van der Waals surface area (Å²) in [6.45, 7) is 0.471. The second-order valence-electron chi connectivity index (χ2n) is 5.51. The van der Waals surface area contributed by atoms with Gasteiger partial charge in [-0.05, 0) is 29.5 Å². The van der Waals surface area contributed by atoms with E-state index in [-0.39, 0.29) is 5.91 Å². The molecule has 0 spiro atoms. The van der Waals surface area contributed by atoms with Gasteiger partial charge in [-0.25, -0.2) is 0 Å². The molecule has 24 heavy (non-hydrogen) atoms. The Hall–Kier alpha value is -2.31. The minimum atomic E-state index is -0.108. The number of ether oxygens (including phenoxy) is 1. The van der Waals surface area contributed by atoms with Crippen LogP contribution in [0.15, 0.2) is 65.4 Å². The zero-order chi connectivity index (χ0) is 16.7. The van der Waals surface area contributed by atoms with E-state index >= 15 is 0 Å². The van der Waals surface area contributed by atoms with Gasteiger partial charge in [0.2, 0.25) is 5.88 Å². The summed E-state index contributed by atoms with van der Waals surface area (Å²) in [5.74, 6) is 1.19. The fourth-order valence-electron chi connectivity index (χ4n) is 2.73. The third-order valence-corrected chi connectivity index (χ3v) is 5.38. The molecule has 0 aromatic heterocycles. The number of fused-ring (bicyclic) bond motifs is 1. The quantitative estimate of drug-likeness (QED) is 0.606. The van der Waals surface area contributed by atoms with E-state index in [1.807, 2.05) is 66.5 Å². The molecule has 0 unspecified atom stereocenters. The lowest BCUT2D eigenvalue weighted by atomic mass is 10.2. The molecule has 2 aromatic rings. The first-order chi connectivity index (χ1) is 11.6. The van der Waals surface area contributed by atoms with E-state index in [0.717, 1.165) is 17.0 Å². The van der Waals surface area contributed by atoms with Gasteiger partial charge >= 0.3 is 0 Å². The van der Waals surface area contributed by atoms with Gasteiger partial charge in [-0.2, -0.15) is 0 Å². The Morgan fingerprint density at radius 2 is 1.79 bits per heavy atom. The van der Waals surface area contributed by atoms with Crippen molar-refractivity contribution >= 4 is 39.9 Å². The van der Waals surface area contributed by atoms with Crippen molar-refractivity contribution in [2.75, 3.05) is 11.9 Å². The van der Waals surface area contributed by atoms with Crippen molar-refractivity contribution in [1.29, 1.82) is 0 Å². The maximum absolute atomic E-state index is 12.9. The monoisotopic (exact) mass is 354 g/mol. The average Bonchev–Trinajstić information content (AvgIpc) is 3.08. The van der Waals surface area contributed by atoms with E-state index in [0.29, 0.717) is 21.7 Å². The lowest BCUT2D eigenvalue weighted by molar-refractivity contribution is -0.122. The van der Waals surface area contributed by atoms with E-state index in [9.17, 15) is 4.79 Å². The van der Waals surface area contributed by atoms with Gasteiger partial charge in [0.1, 0.15) is 9.23 Å². The molecule has 4 nitrogen and oxygen atoms in total. The minimum Gasteiger partial charge on any atom is -0.437 e. The van der Waals surface area contributed by atoms with Crippen LogP contribution in [-0.2, 0) is 11.3 Å². The summed E-state index contributed by atoms with van der Waals surface area (Å²) in [7, 11) is 1.89. The lowest BCUT2D eigenvalue weighted by Crippen LogP contribution is -2.28. The topological polar surface area (TPSA) is 32.8 Å². The molecule has 0 atom stereocenters. The number of amides is 1. The predicted octanol–water partition coefficient (Wildman–Crippen LogP) is 3.74. The number of benzene rings is 2. The van der Waals surface area contributed by atoms with Crippen LogP contribution in [0.25, 0.3) is 0 Å². The SMILES string of the molecule is CN1C(=C2SC(=S)N(Cc3ccccc3)C2=O)Oc2ccccc21. The fraction of sp³-hybridized carbons (Fsp3) is 0.111. The third kappa shape index (κ3) is 2.48.